The molecule has 4 heteroatoms. The Morgan fingerprint density at radius 2 is 2.50 bits per heavy atom. The van der Waals surface area contributed by atoms with Crippen LogP contribution in [0.25, 0.3) is 0 Å². The first-order valence-corrected chi connectivity index (χ1v) is 3.22. The molecule has 8 heavy (non-hydrogen) atoms. The van der Waals surface area contributed by atoms with Crippen molar-refractivity contribution >= 4 is 15.9 Å². The SMILES string of the molecule is CC(Br)n1ccnn1. The monoisotopic (exact) mass is 175 g/mol. The minimum Gasteiger partial charge on any atom is -0.239 e. The van der Waals surface area contributed by atoms with Crippen molar-refractivity contribution < 1.29 is 0 Å². The molecule has 0 bridgehead atoms. The summed E-state index contributed by atoms with van der Waals surface area (Å²) in [7, 11) is 0. The molecule has 0 fully saturated rings. The average molecular weight is 176 g/mol. The molecule has 0 radical (unpaired) electrons. The number of aromatic nitrogens is 3. The van der Waals surface area contributed by atoms with Crippen LogP contribution in [0.1, 0.15) is 11.9 Å². The van der Waals surface area contributed by atoms with Gasteiger partial charge in [0.2, 0.25) is 0 Å². The van der Waals surface area contributed by atoms with E-state index in [0.29, 0.717) is 0 Å². The van der Waals surface area contributed by atoms with E-state index in [4.69, 9.17) is 0 Å². The number of hydrogen-bond donors (Lipinski definition) is 0. The quantitative estimate of drug-likeness (QED) is 0.601. The zero-order valence-corrected chi connectivity index (χ0v) is 6.04. The summed E-state index contributed by atoms with van der Waals surface area (Å²) in [6, 6.07) is 0. The van der Waals surface area contributed by atoms with Gasteiger partial charge in [-0.15, -0.1) is 5.10 Å². The van der Waals surface area contributed by atoms with Gasteiger partial charge in [-0.05, 0) is 6.92 Å². The predicted octanol–water partition coefficient (Wildman–Crippen LogP) is 1.19. The van der Waals surface area contributed by atoms with Crippen molar-refractivity contribution in [3.8, 4) is 0 Å². The van der Waals surface area contributed by atoms with Gasteiger partial charge in [0.1, 0.15) is 4.95 Å². The lowest BCUT2D eigenvalue weighted by molar-refractivity contribution is 0.621. The van der Waals surface area contributed by atoms with Crippen LogP contribution in [0.2, 0.25) is 0 Å². The van der Waals surface area contributed by atoms with Gasteiger partial charge in [-0.3, -0.25) is 0 Å². The van der Waals surface area contributed by atoms with Crippen LogP contribution in [-0.2, 0) is 0 Å². The molecule has 0 aliphatic carbocycles. The van der Waals surface area contributed by atoms with Gasteiger partial charge in [0.15, 0.2) is 0 Å². The summed E-state index contributed by atoms with van der Waals surface area (Å²) in [4.78, 5) is 0.241. The Bertz CT molecular complexity index is 146. The number of halogens is 1. The Hall–Kier alpha value is -0.380. The molecule has 3 nitrogen and oxygen atoms in total. The zero-order chi connectivity index (χ0) is 5.98. The summed E-state index contributed by atoms with van der Waals surface area (Å²) in [5, 5.41) is 7.36. The summed E-state index contributed by atoms with van der Waals surface area (Å²) in [6.45, 7) is 1.98. The fraction of sp³-hybridized carbons (Fsp3) is 0.500. The van der Waals surface area contributed by atoms with Gasteiger partial charge < -0.3 is 0 Å². The van der Waals surface area contributed by atoms with E-state index in [1.807, 2.05) is 6.92 Å². The highest BCUT2D eigenvalue weighted by atomic mass is 79.9. The van der Waals surface area contributed by atoms with Gasteiger partial charge in [-0.2, -0.15) is 0 Å². The summed E-state index contributed by atoms with van der Waals surface area (Å²) in [6.07, 6.45) is 3.46. The van der Waals surface area contributed by atoms with Gasteiger partial charge in [0, 0.05) is 6.20 Å². The van der Waals surface area contributed by atoms with Crippen molar-refractivity contribution in [2.45, 2.75) is 11.9 Å². The molecule has 0 spiro atoms. The molecular formula is C4H6BrN3. The highest BCUT2D eigenvalue weighted by Crippen LogP contribution is 2.08. The first-order chi connectivity index (χ1) is 3.80. The standard InChI is InChI=1S/C4H6BrN3/c1-4(5)8-3-2-6-7-8/h2-4H,1H3. The molecule has 0 N–H and O–H groups in total. The highest BCUT2D eigenvalue weighted by molar-refractivity contribution is 9.09. The fourth-order valence-corrected chi connectivity index (χ4v) is 0.626. The average Bonchev–Trinajstić information content (AvgIpc) is 2.12. The maximum Gasteiger partial charge on any atom is 0.105 e. The minimum atomic E-state index is 0.241. The molecule has 1 heterocycles. The van der Waals surface area contributed by atoms with E-state index in [9.17, 15) is 0 Å². The van der Waals surface area contributed by atoms with Crippen molar-refractivity contribution in [2.24, 2.45) is 0 Å². The smallest absolute Gasteiger partial charge is 0.105 e. The van der Waals surface area contributed by atoms with Gasteiger partial charge in [-0.25, -0.2) is 4.68 Å². The van der Waals surface area contributed by atoms with E-state index in [0.717, 1.165) is 0 Å². The summed E-state index contributed by atoms with van der Waals surface area (Å²) in [5.41, 5.74) is 0. The third-order valence-electron chi connectivity index (χ3n) is 0.806. The molecule has 0 aliphatic heterocycles. The van der Waals surface area contributed by atoms with Crippen LogP contribution in [0, 0.1) is 0 Å². The van der Waals surface area contributed by atoms with Gasteiger partial charge in [-0.1, -0.05) is 21.1 Å². The van der Waals surface area contributed by atoms with Crippen molar-refractivity contribution in [2.75, 3.05) is 0 Å². The summed E-state index contributed by atoms with van der Waals surface area (Å²) < 4.78 is 1.72. The molecule has 0 aromatic carbocycles. The Labute approximate surface area is 55.8 Å². The molecule has 1 aromatic heterocycles. The normalized spacial score (nSPS) is 13.8. The Morgan fingerprint density at radius 3 is 2.75 bits per heavy atom. The lowest BCUT2D eigenvalue weighted by Crippen LogP contribution is -1.97. The molecule has 1 unspecified atom stereocenters. The van der Waals surface area contributed by atoms with E-state index in [1.54, 1.807) is 17.1 Å². The van der Waals surface area contributed by atoms with Crippen LogP contribution in [0.15, 0.2) is 12.4 Å². The van der Waals surface area contributed by atoms with Crippen LogP contribution in [-0.4, -0.2) is 15.0 Å². The molecule has 44 valence electrons. The molecule has 1 atom stereocenters. The van der Waals surface area contributed by atoms with Gasteiger partial charge in [0.25, 0.3) is 0 Å². The number of rotatable bonds is 1. The van der Waals surface area contributed by atoms with E-state index in [-0.39, 0.29) is 4.95 Å². The van der Waals surface area contributed by atoms with Gasteiger partial charge >= 0.3 is 0 Å². The maximum absolute atomic E-state index is 3.74. The van der Waals surface area contributed by atoms with Crippen molar-refractivity contribution in [3.63, 3.8) is 0 Å². The predicted molar refractivity (Wildman–Crippen MR) is 33.7 cm³/mol. The van der Waals surface area contributed by atoms with E-state index in [1.165, 1.54) is 0 Å². The van der Waals surface area contributed by atoms with E-state index < -0.39 is 0 Å². The zero-order valence-electron chi connectivity index (χ0n) is 4.45. The first kappa shape index (κ1) is 5.75. The molecule has 1 rings (SSSR count). The summed E-state index contributed by atoms with van der Waals surface area (Å²) >= 11 is 3.32. The second-order valence-corrected chi connectivity index (χ2v) is 2.78. The van der Waals surface area contributed by atoms with Crippen LogP contribution in [0.4, 0.5) is 0 Å². The second kappa shape index (κ2) is 2.26. The third kappa shape index (κ3) is 1.06. The second-order valence-electron chi connectivity index (χ2n) is 1.46. The van der Waals surface area contributed by atoms with Crippen LogP contribution < -0.4 is 0 Å². The van der Waals surface area contributed by atoms with E-state index >= 15 is 0 Å². The fourth-order valence-electron chi connectivity index (χ4n) is 0.407. The van der Waals surface area contributed by atoms with Crippen LogP contribution in [0.5, 0.6) is 0 Å². The third-order valence-corrected chi connectivity index (χ3v) is 1.23. The van der Waals surface area contributed by atoms with Crippen molar-refractivity contribution in [1.29, 1.82) is 0 Å². The Morgan fingerprint density at radius 1 is 1.75 bits per heavy atom. The molecule has 0 saturated carbocycles. The van der Waals surface area contributed by atoms with E-state index in [2.05, 4.69) is 26.2 Å². The molecular weight excluding hydrogens is 170 g/mol. The largest absolute Gasteiger partial charge is 0.239 e. The van der Waals surface area contributed by atoms with Gasteiger partial charge in [0.05, 0.1) is 6.20 Å². The Balaban J connectivity index is 2.77. The number of hydrogen-bond acceptors (Lipinski definition) is 2. The minimum absolute atomic E-state index is 0.241. The maximum atomic E-state index is 3.74. The molecule has 1 aromatic rings. The van der Waals surface area contributed by atoms with Crippen molar-refractivity contribution in [1.82, 2.24) is 15.0 Å². The van der Waals surface area contributed by atoms with Crippen LogP contribution >= 0.6 is 15.9 Å². The Kier molecular flexibility index (Phi) is 1.62. The lowest BCUT2D eigenvalue weighted by atomic mass is 10.7. The number of alkyl halides is 1. The topological polar surface area (TPSA) is 30.7 Å². The number of nitrogens with zero attached hydrogens (tertiary/aromatic N) is 3. The lowest BCUT2D eigenvalue weighted by Gasteiger charge is -1.97. The summed E-state index contributed by atoms with van der Waals surface area (Å²) in [5.74, 6) is 0. The first-order valence-electron chi connectivity index (χ1n) is 2.30. The molecule has 0 aliphatic rings. The van der Waals surface area contributed by atoms with Crippen LogP contribution in [0.3, 0.4) is 0 Å². The highest BCUT2D eigenvalue weighted by Gasteiger charge is 1.94. The van der Waals surface area contributed by atoms with Crippen molar-refractivity contribution in [3.05, 3.63) is 12.4 Å². The molecule has 0 saturated heterocycles. The molecule has 0 amide bonds.